The molecule has 1 aromatic heterocycles. The van der Waals surface area contributed by atoms with Crippen molar-refractivity contribution in [1.29, 1.82) is 5.26 Å². The van der Waals surface area contributed by atoms with Crippen molar-refractivity contribution in [2.75, 3.05) is 13.7 Å². The molecule has 0 aromatic carbocycles. The first-order valence-electron chi connectivity index (χ1n) is 3.97. The molecule has 1 rings (SSSR count). The van der Waals surface area contributed by atoms with E-state index in [1.165, 1.54) is 6.20 Å². The molecule has 0 amide bonds. The summed E-state index contributed by atoms with van der Waals surface area (Å²) in [4.78, 5) is 11.3. The molecule has 0 aliphatic carbocycles. The van der Waals surface area contributed by atoms with Crippen molar-refractivity contribution in [2.24, 2.45) is 0 Å². The Morgan fingerprint density at radius 1 is 1.64 bits per heavy atom. The standard InChI is InChI=1S/C9H9BrN2O2/c1-14-3-2-12-5-7(4-11)9(13)8(10)6-12/h5-6H,2-3H2,1H3. The van der Waals surface area contributed by atoms with E-state index in [0.717, 1.165) is 0 Å². The number of nitriles is 1. The van der Waals surface area contributed by atoms with E-state index in [4.69, 9.17) is 10.00 Å². The number of methoxy groups -OCH3 is 1. The molecule has 1 aromatic rings. The lowest BCUT2D eigenvalue weighted by molar-refractivity contribution is 0.187. The zero-order chi connectivity index (χ0) is 10.6. The van der Waals surface area contributed by atoms with Crippen LogP contribution in [0.5, 0.6) is 0 Å². The Labute approximate surface area is 89.9 Å². The lowest BCUT2D eigenvalue weighted by atomic mass is 10.3. The Balaban J connectivity index is 3.05. The van der Waals surface area contributed by atoms with Crippen molar-refractivity contribution >= 4 is 15.9 Å². The number of nitrogens with zero attached hydrogens (tertiary/aromatic N) is 2. The van der Waals surface area contributed by atoms with Gasteiger partial charge in [0.15, 0.2) is 0 Å². The van der Waals surface area contributed by atoms with E-state index in [1.807, 2.05) is 6.07 Å². The minimum absolute atomic E-state index is 0.135. The van der Waals surface area contributed by atoms with Crippen molar-refractivity contribution in [1.82, 2.24) is 4.57 Å². The van der Waals surface area contributed by atoms with Crippen molar-refractivity contribution in [3.63, 3.8) is 0 Å². The maximum absolute atomic E-state index is 11.3. The second-order valence-electron chi connectivity index (χ2n) is 2.69. The molecule has 0 N–H and O–H groups in total. The average Bonchev–Trinajstić information content (AvgIpc) is 2.19. The summed E-state index contributed by atoms with van der Waals surface area (Å²) in [5.74, 6) is 0. The number of ether oxygens (including phenoxy) is 1. The first-order chi connectivity index (χ1) is 6.69. The zero-order valence-corrected chi connectivity index (χ0v) is 9.24. The monoisotopic (exact) mass is 256 g/mol. The third-order valence-corrected chi connectivity index (χ3v) is 2.27. The third-order valence-electron chi connectivity index (χ3n) is 1.71. The quantitative estimate of drug-likeness (QED) is 0.815. The number of hydrogen-bond acceptors (Lipinski definition) is 3. The Hall–Kier alpha value is -1.12. The van der Waals surface area contributed by atoms with Gasteiger partial charge in [-0.15, -0.1) is 0 Å². The van der Waals surface area contributed by atoms with Gasteiger partial charge in [0.25, 0.3) is 0 Å². The van der Waals surface area contributed by atoms with Crippen molar-refractivity contribution in [2.45, 2.75) is 6.54 Å². The van der Waals surface area contributed by atoms with E-state index in [2.05, 4.69) is 15.9 Å². The molecule has 74 valence electrons. The maximum atomic E-state index is 11.3. The second kappa shape index (κ2) is 4.94. The van der Waals surface area contributed by atoms with E-state index in [0.29, 0.717) is 17.6 Å². The fourth-order valence-corrected chi connectivity index (χ4v) is 1.48. The first-order valence-corrected chi connectivity index (χ1v) is 4.77. The van der Waals surface area contributed by atoms with E-state index < -0.39 is 0 Å². The summed E-state index contributed by atoms with van der Waals surface area (Å²) in [5.41, 5.74) is -0.142. The highest BCUT2D eigenvalue weighted by atomic mass is 79.9. The van der Waals surface area contributed by atoms with Crippen LogP contribution in [0, 0.1) is 11.3 Å². The van der Waals surface area contributed by atoms with E-state index in [-0.39, 0.29) is 11.0 Å². The molecule has 0 aliphatic heterocycles. The van der Waals surface area contributed by atoms with Crippen LogP contribution in [0.1, 0.15) is 5.56 Å². The van der Waals surface area contributed by atoms with Crippen LogP contribution in [-0.4, -0.2) is 18.3 Å². The molecule has 0 bridgehead atoms. The summed E-state index contributed by atoms with van der Waals surface area (Å²) in [6.45, 7) is 1.16. The lowest BCUT2D eigenvalue weighted by Gasteiger charge is -2.05. The number of rotatable bonds is 3. The van der Waals surface area contributed by atoms with Crippen LogP contribution in [0.4, 0.5) is 0 Å². The van der Waals surface area contributed by atoms with Gasteiger partial charge in [0, 0.05) is 26.0 Å². The van der Waals surface area contributed by atoms with Crippen LogP contribution in [0.25, 0.3) is 0 Å². The molecule has 0 fully saturated rings. The summed E-state index contributed by atoms with van der Waals surface area (Å²) in [6.07, 6.45) is 3.16. The minimum atomic E-state index is -0.277. The predicted molar refractivity (Wildman–Crippen MR) is 55.0 cm³/mol. The normalized spacial score (nSPS) is 9.79. The Kier molecular flexibility index (Phi) is 3.86. The molecule has 5 heteroatoms. The summed E-state index contributed by atoms with van der Waals surface area (Å²) >= 11 is 3.10. The number of pyridine rings is 1. The highest BCUT2D eigenvalue weighted by molar-refractivity contribution is 9.10. The highest BCUT2D eigenvalue weighted by Gasteiger charge is 2.04. The van der Waals surface area contributed by atoms with Crippen LogP contribution in [0.3, 0.4) is 0 Å². The number of aromatic nitrogens is 1. The van der Waals surface area contributed by atoms with Crippen molar-refractivity contribution in [3.8, 4) is 6.07 Å². The fourth-order valence-electron chi connectivity index (χ4n) is 1.00. The summed E-state index contributed by atoms with van der Waals surface area (Å²) < 4.78 is 7.03. The van der Waals surface area contributed by atoms with Gasteiger partial charge >= 0.3 is 0 Å². The first kappa shape index (κ1) is 11.0. The molecular formula is C9H9BrN2O2. The largest absolute Gasteiger partial charge is 0.383 e. The van der Waals surface area contributed by atoms with E-state index in [9.17, 15) is 4.79 Å². The smallest absolute Gasteiger partial charge is 0.213 e. The Morgan fingerprint density at radius 3 is 2.93 bits per heavy atom. The molecule has 4 nitrogen and oxygen atoms in total. The Morgan fingerprint density at radius 2 is 2.36 bits per heavy atom. The molecule has 0 spiro atoms. The van der Waals surface area contributed by atoms with Crippen molar-refractivity contribution in [3.05, 3.63) is 32.7 Å². The molecule has 0 aliphatic rings. The molecule has 0 unspecified atom stereocenters. The van der Waals surface area contributed by atoms with Crippen LogP contribution in [0.15, 0.2) is 21.7 Å². The van der Waals surface area contributed by atoms with Gasteiger partial charge in [-0.05, 0) is 15.9 Å². The summed E-state index contributed by atoms with van der Waals surface area (Å²) in [6, 6.07) is 1.85. The fraction of sp³-hybridized carbons (Fsp3) is 0.333. The molecule has 1 heterocycles. The van der Waals surface area contributed by atoms with Gasteiger partial charge in [-0.2, -0.15) is 5.26 Å². The number of hydrogen-bond donors (Lipinski definition) is 0. The predicted octanol–water partition coefficient (Wildman–Crippen LogP) is 1.13. The van der Waals surface area contributed by atoms with Crippen molar-refractivity contribution < 1.29 is 4.74 Å². The van der Waals surface area contributed by atoms with Gasteiger partial charge in [-0.3, -0.25) is 4.79 Å². The van der Waals surface area contributed by atoms with E-state index >= 15 is 0 Å². The molecule has 0 radical (unpaired) electrons. The molecule has 0 saturated carbocycles. The van der Waals surface area contributed by atoms with Gasteiger partial charge < -0.3 is 9.30 Å². The average molecular weight is 257 g/mol. The second-order valence-corrected chi connectivity index (χ2v) is 3.55. The van der Waals surface area contributed by atoms with Crippen LogP contribution >= 0.6 is 15.9 Å². The van der Waals surface area contributed by atoms with Gasteiger partial charge in [0.1, 0.15) is 11.6 Å². The SMILES string of the molecule is COCCn1cc(Br)c(=O)c(C#N)c1. The van der Waals surface area contributed by atoms with E-state index in [1.54, 1.807) is 17.9 Å². The molecule has 0 saturated heterocycles. The summed E-state index contributed by atoms with van der Waals surface area (Å²) in [5, 5.41) is 8.68. The van der Waals surface area contributed by atoms with Crippen LogP contribution in [0.2, 0.25) is 0 Å². The van der Waals surface area contributed by atoms with Crippen LogP contribution < -0.4 is 5.43 Å². The zero-order valence-electron chi connectivity index (χ0n) is 7.66. The topological polar surface area (TPSA) is 55.0 Å². The summed E-state index contributed by atoms with van der Waals surface area (Å²) in [7, 11) is 1.60. The number of halogens is 1. The molecular weight excluding hydrogens is 248 g/mol. The third kappa shape index (κ3) is 2.44. The van der Waals surface area contributed by atoms with Gasteiger partial charge in [0.05, 0.1) is 11.1 Å². The lowest BCUT2D eigenvalue weighted by Crippen LogP contribution is -2.13. The highest BCUT2D eigenvalue weighted by Crippen LogP contribution is 2.04. The minimum Gasteiger partial charge on any atom is -0.383 e. The maximum Gasteiger partial charge on any atom is 0.213 e. The Bertz CT molecular complexity index is 420. The van der Waals surface area contributed by atoms with Gasteiger partial charge in [-0.1, -0.05) is 0 Å². The van der Waals surface area contributed by atoms with Gasteiger partial charge in [-0.25, -0.2) is 0 Å². The molecule has 0 atom stereocenters. The van der Waals surface area contributed by atoms with Gasteiger partial charge in [0.2, 0.25) is 5.43 Å². The molecule has 14 heavy (non-hydrogen) atoms. The van der Waals surface area contributed by atoms with Crippen LogP contribution in [-0.2, 0) is 11.3 Å².